The standard InChI is InChI=1S/C24H21N3O2/c1-16-25-23-13-12-21(26-17(2)28)14-22(23)24(29)27(16)15-18-8-10-20(11-9-18)19-6-4-3-5-7-19/h3-14H,15H2,1-2H3,(H,26,28). The maximum absolute atomic E-state index is 13.1. The maximum Gasteiger partial charge on any atom is 0.261 e. The SMILES string of the molecule is CC(=O)Nc1ccc2nc(C)n(Cc3ccc(-c4ccccc4)cc3)c(=O)c2c1. The number of hydrogen-bond donors (Lipinski definition) is 1. The van der Waals surface area contributed by atoms with Gasteiger partial charge in [0.1, 0.15) is 5.82 Å². The number of carbonyl (C=O) groups is 1. The van der Waals surface area contributed by atoms with E-state index < -0.39 is 0 Å². The number of rotatable bonds is 4. The lowest BCUT2D eigenvalue weighted by atomic mass is 10.0. The second-order valence-electron chi connectivity index (χ2n) is 7.03. The molecule has 0 spiro atoms. The Hall–Kier alpha value is -3.73. The Balaban J connectivity index is 1.68. The summed E-state index contributed by atoms with van der Waals surface area (Å²) in [5.74, 6) is 0.477. The van der Waals surface area contributed by atoms with Crippen molar-refractivity contribution in [3.63, 3.8) is 0 Å². The first-order valence-corrected chi connectivity index (χ1v) is 9.44. The normalized spacial score (nSPS) is 10.8. The largest absolute Gasteiger partial charge is 0.326 e. The van der Waals surface area contributed by atoms with Crippen molar-refractivity contribution in [2.45, 2.75) is 20.4 Å². The third kappa shape index (κ3) is 3.94. The number of benzene rings is 3. The Kier molecular flexibility index (Phi) is 4.96. The number of hydrogen-bond acceptors (Lipinski definition) is 3. The molecule has 0 aliphatic carbocycles. The van der Waals surface area contributed by atoms with E-state index in [9.17, 15) is 9.59 Å². The van der Waals surface area contributed by atoms with Gasteiger partial charge in [-0.1, -0.05) is 54.6 Å². The number of anilines is 1. The summed E-state index contributed by atoms with van der Waals surface area (Å²) in [6.45, 7) is 3.71. The lowest BCUT2D eigenvalue weighted by Gasteiger charge is -2.12. The van der Waals surface area contributed by atoms with Crippen LogP contribution in [0.2, 0.25) is 0 Å². The van der Waals surface area contributed by atoms with Crippen LogP contribution >= 0.6 is 0 Å². The van der Waals surface area contributed by atoms with E-state index in [-0.39, 0.29) is 11.5 Å². The Morgan fingerprint density at radius 3 is 2.34 bits per heavy atom. The minimum absolute atomic E-state index is 0.119. The Bertz CT molecular complexity index is 1240. The van der Waals surface area contributed by atoms with E-state index in [1.165, 1.54) is 6.92 Å². The van der Waals surface area contributed by atoms with Gasteiger partial charge in [-0.05, 0) is 41.8 Å². The van der Waals surface area contributed by atoms with Crippen LogP contribution in [-0.2, 0) is 11.3 Å². The summed E-state index contributed by atoms with van der Waals surface area (Å²) in [6, 6.07) is 23.6. The summed E-state index contributed by atoms with van der Waals surface area (Å²) in [4.78, 5) is 29.0. The van der Waals surface area contributed by atoms with Crippen molar-refractivity contribution in [1.82, 2.24) is 9.55 Å². The fourth-order valence-electron chi connectivity index (χ4n) is 3.41. The fraction of sp³-hybridized carbons (Fsp3) is 0.125. The lowest BCUT2D eigenvalue weighted by Crippen LogP contribution is -2.24. The first kappa shape index (κ1) is 18.6. The summed E-state index contributed by atoms with van der Waals surface area (Å²) in [6.07, 6.45) is 0. The molecular formula is C24H21N3O2. The molecule has 0 aliphatic rings. The van der Waals surface area contributed by atoms with E-state index >= 15 is 0 Å². The molecule has 1 aromatic heterocycles. The molecular weight excluding hydrogens is 362 g/mol. The summed E-state index contributed by atoms with van der Waals surface area (Å²) < 4.78 is 1.66. The quantitative estimate of drug-likeness (QED) is 0.569. The number of aromatic nitrogens is 2. The van der Waals surface area contributed by atoms with Crippen LogP contribution in [0.25, 0.3) is 22.0 Å². The Morgan fingerprint density at radius 2 is 1.66 bits per heavy atom. The minimum atomic E-state index is -0.178. The molecule has 0 atom stereocenters. The zero-order chi connectivity index (χ0) is 20.4. The van der Waals surface area contributed by atoms with Crippen LogP contribution in [0.15, 0.2) is 77.6 Å². The minimum Gasteiger partial charge on any atom is -0.326 e. The molecule has 29 heavy (non-hydrogen) atoms. The van der Waals surface area contributed by atoms with Gasteiger partial charge in [-0.3, -0.25) is 14.2 Å². The van der Waals surface area contributed by atoms with Crippen molar-refractivity contribution < 1.29 is 4.79 Å². The second kappa shape index (κ2) is 7.72. The van der Waals surface area contributed by atoms with Crippen molar-refractivity contribution in [3.8, 4) is 11.1 Å². The summed E-state index contributed by atoms with van der Waals surface area (Å²) >= 11 is 0. The number of aryl methyl sites for hydroxylation is 1. The molecule has 3 aromatic carbocycles. The average molecular weight is 383 g/mol. The molecule has 0 fully saturated rings. The first-order chi connectivity index (χ1) is 14.0. The van der Waals surface area contributed by atoms with Gasteiger partial charge in [-0.2, -0.15) is 0 Å². The summed E-state index contributed by atoms with van der Waals surface area (Å²) in [7, 11) is 0. The highest BCUT2D eigenvalue weighted by atomic mass is 16.1. The van der Waals surface area contributed by atoms with E-state index in [4.69, 9.17) is 0 Å². The first-order valence-electron chi connectivity index (χ1n) is 9.44. The predicted octanol–water partition coefficient (Wildman–Crippen LogP) is 4.38. The van der Waals surface area contributed by atoms with Crippen molar-refractivity contribution in [2.24, 2.45) is 0 Å². The molecule has 5 heteroatoms. The zero-order valence-corrected chi connectivity index (χ0v) is 16.3. The number of carbonyl (C=O) groups excluding carboxylic acids is 1. The topological polar surface area (TPSA) is 64.0 Å². The number of nitrogens with zero attached hydrogens (tertiary/aromatic N) is 2. The third-order valence-electron chi connectivity index (χ3n) is 4.87. The highest BCUT2D eigenvalue weighted by molar-refractivity contribution is 5.92. The van der Waals surface area contributed by atoms with E-state index in [1.807, 2.05) is 37.3 Å². The average Bonchev–Trinajstić information content (AvgIpc) is 2.72. The molecule has 1 N–H and O–H groups in total. The molecule has 1 amide bonds. The van der Waals surface area contributed by atoms with E-state index in [1.54, 1.807) is 22.8 Å². The van der Waals surface area contributed by atoms with Gasteiger partial charge in [-0.25, -0.2) is 4.98 Å². The van der Waals surface area contributed by atoms with Gasteiger partial charge in [0.05, 0.1) is 17.4 Å². The van der Waals surface area contributed by atoms with Crippen LogP contribution in [0.5, 0.6) is 0 Å². The molecule has 144 valence electrons. The molecule has 5 nitrogen and oxygen atoms in total. The van der Waals surface area contributed by atoms with Gasteiger partial charge in [-0.15, -0.1) is 0 Å². The highest BCUT2D eigenvalue weighted by Gasteiger charge is 2.10. The molecule has 0 saturated heterocycles. The Morgan fingerprint density at radius 1 is 0.966 bits per heavy atom. The molecule has 0 radical (unpaired) electrons. The summed E-state index contributed by atoms with van der Waals surface area (Å²) in [5.41, 5.74) is 4.41. The van der Waals surface area contributed by atoms with Crippen LogP contribution in [0.3, 0.4) is 0 Å². The number of nitrogens with one attached hydrogen (secondary N) is 1. The number of amides is 1. The molecule has 0 bridgehead atoms. The maximum atomic E-state index is 13.1. The van der Waals surface area contributed by atoms with Gasteiger partial charge in [0.25, 0.3) is 5.56 Å². The molecule has 4 aromatic rings. The van der Waals surface area contributed by atoms with E-state index in [2.05, 4.69) is 34.6 Å². The summed E-state index contributed by atoms with van der Waals surface area (Å²) in [5, 5.41) is 3.20. The molecule has 4 rings (SSSR count). The lowest BCUT2D eigenvalue weighted by molar-refractivity contribution is -0.114. The van der Waals surface area contributed by atoms with E-state index in [0.29, 0.717) is 29.0 Å². The second-order valence-corrected chi connectivity index (χ2v) is 7.03. The molecule has 0 unspecified atom stereocenters. The molecule has 0 aliphatic heterocycles. The molecule has 1 heterocycles. The molecule has 0 saturated carbocycles. The van der Waals surface area contributed by atoms with Crippen LogP contribution in [0.4, 0.5) is 5.69 Å². The van der Waals surface area contributed by atoms with Crippen LogP contribution in [0.1, 0.15) is 18.3 Å². The smallest absolute Gasteiger partial charge is 0.261 e. The fourth-order valence-corrected chi connectivity index (χ4v) is 3.41. The van der Waals surface area contributed by atoms with Gasteiger partial charge in [0.2, 0.25) is 5.91 Å². The van der Waals surface area contributed by atoms with Crippen LogP contribution in [0, 0.1) is 6.92 Å². The van der Waals surface area contributed by atoms with Crippen molar-refractivity contribution in [3.05, 3.63) is 94.5 Å². The van der Waals surface area contributed by atoms with Crippen molar-refractivity contribution >= 4 is 22.5 Å². The highest BCUT2D eigenvalue weighted by Crippen LogP contribution is 2.20. The van der Waals surface area contributed by atoms with Gasteiger partial charge < -0.3 is 5.32 Å². The third-order valence-corrected chi connectivity index (χ3v) is 4.87. The van der Waals surface area contributed by atoms with Crippen LogP contribution < -0.4 is 10.9 Å². The van der Waals surface area contributed by atoms with Crippen molar-refractivity contribution in [1.29, 1.82) is 0 Å². The Labute approximate surface area is 168 Å². The number of fused-ring (bicyclic) bond motifs is 1. The predicted molar refractivity (Wildman–Crippen MR) is 116 cm³/mol. The monoisotopic (exact) mass is 383 g/mol. The van der Waals surface area contributed by atoms with Crippen molar-refractivity contribution in [2.75, 3.05) is 5.32 Å². The van der Waals surface area contributed by atoms with E-state index in [0.717, 1.165) is 16.7 Å². The zero-order valence-electron chi connectivity index (χ0n) is 16.3. The van der Waals surface area contributed by atoms with Gasteiger partial charge in [0, 0.05) is 12.6 Å². The van der Waals surface area contributed by atoms with Gasteiger partial charge >= 0.3 is 0 Å². The van der Waals surface area contributed by atoms with Gasteiger partial charge in [0.15, 0.2) is 0 Å². The van der Waals surface area contributed by atoms with Crippen LogP contribution in [-0.4, -0.2) is 15.5 Å².